The number of likely N-dealkylation sites (tertiary alicyclic amines) is 1. The Morgan fingerprint density at radius 2 is 2.16 bits per heavy atom. The summed E-state index contributed by atoms with van der Waals surface area (Å²) in [5, 5.41) is 2.79. The van der Waals surface area contributed by atoms with Gasteiger partial charge in [0.2, 0.25) is 11.8 Å². The molecule has 2 atom stereocenters. The van der Waals surface area contributed by atoms with Crippen LogP contribution in [0.1, 0.15) is 33.6 Å². The molecule has 0 aromatic rings. The van der Waals surface area contributed by atoms with Crippen LogP contribution in [0.2, 0.25) is 0 Å². The van der Waals surface area contributed by atoms with Crippen LogP contribution < -0.4 is 5.32 Å². The summed E-state index contributed by atoms with van der Waals surface area (Å²) in [6.45, 7) is 5.71. The number of nitrogens with one attached hydrogen (secondary N) is 1. The average Bonchev–Trinajstić information content (AvgIpc) is 2.67. The van der Waals surface area contributed by atoms with Crippen LogP contribution >= 0.6 is 0 Å². The number of hydrogen-bond donors (Lipinski definition) is 1. The lowest BCUT2D eigenvalue weighted by atomic mass is 9.81. The molecule has 0 bridgehead atoms. The van der Waals surface area contributed by atoms with Crippen LogP contribution in [-0.4, -0.2) is 48.4 Å². The van der Waals surface area contributed by atoms with Gasteiger partial charge >= 0.3 is 5.97 Å². The second kappa shape index (κ2) is 6.04. The summed E-state index contributed by atoms with van der Waals surface area (Å²) in [6.07, 6.45) is 1.30. The number of nitrogens with zero attached hydrogens (tertiary/aromatic N) is 1. The van der Waals surface area contributed by atoms with Crippen LogP contribution in [0.4, 0.5) is 0 Å². The SMILES string of the molecule is CC[C@H](C)[C@@]1(NC(C)=O)CCN(CC(=O)OC)C1=O. The van der Waals surface area contributed by atoms with Crippen molar-refractivity contribution in [1.82, 2.24) is 10.2 Å². The maximum absolute atomic E-state index is 12.5. The minimum Gasteiger partial charge on any atom is -0.468 e. The first kappa shape index (κ1) is 15.5. The lowest BCUT2D eigenvalue weighted by Gasteiger charge is -2.33. The van der Waals surface area contributed by atoms with Gasteiger partial charge in [0, 0.05) is 13.5 Å². The molecule has 108 valence electrons. The molecular weight excluding hydrogens is 248 g/mol. The predicted molar refractivity (Wildman–Crippen MR) is 69.2 cm³/mol. The smallest absolute Gasteiger partial charge is 0.325 e. The van der Waals surface area contributed by atoms with E-state index in [-0.39, 0.29) is 24.3 Å². The Morgan fingerprint density at radius 1 is 1.53 bits per heavy atom. The molecule has 1 heterocycles. The molecule has 0 aromatic heterocycles. The van der Waals surface area contributed by atoms with Gasteiger partial charge in [-0.15, -0.1) is 0 Å². The zero-order chi connectivity index (χ0) is 14.6. The fraction of sp³-hybridized carbons (Fsp3) is 0.769. The van der Waals surface area contributed by atoms with Crippen molar-refractivity contribution in [1.29, 1.82) is 0 Å². The van der Waals surface area contributed by atoms with E-state index in [2.05, 4.69) is 10.1 Å². The van der Waals surface area contributed by atoms with Crippen LogP contribution in [0.5, 0.6) is 0 Å². The molecule has 0 aliphatic carbocycles. The van der Waals surface area contributed by atoms with Gasteiger partial charge in [0.25, 0.3) is 0 Å². The summed E-state index contributed by atoms with van der Waals surface area (Å²) in [7, 11) is 1.29. The van der Waals surface area contributed by atoms with Crippen molar-refractivity contribution in [2.45, 2.75) is 39.2 Å². The Morgan fingerprint density at radius 3 is 2.63 bits per heavy atom. The topological polar surface area (TPSA) is 75.7 Å². The summed E-state index contributed by atoms with van der Waals surface area (Å²) < 4.78 is 4.58. The number of amides is 2. The van der Waals surface area contributed by atoms with Crippen LogP contribution in [0.15, 0.2) is 0 Å². The number of methoxy groups -OCH3 is 1. The second-order valence-electron chi connectivity index (χ2n) is 5.01. The second-order valence-corrected chi connectivity index (χ2v) is 5.01. The molecule has 1 aliphatic rings. The van der Waals surface area contributed by atoms with E-state index in [4.69, 9.17) is 0 Å². The van der Waals surface area contributed by atoms with Gasteiger partial charge < -0.3 is 15.0 Å². The third-order valence-corrected chi connectivity index (χ3v) is 3.85. The Hall–Kier alpha value is -1.59. The minimum absolute atomic E-state index is 0.0200. The fourth-order valence-electron chi connectivity index (χ4n) is 2.53. The van der Waals surface area contributed by atoms with Crippen molar-refractivity contribution >= 4 is 17.8 Å². The average molecular weight is 270 g/mol. The van der Waals surface area contributed by atoms with Crippen molar-refractivity contribution in [3.05, 3.63) is 0 Å². The molecule has 6 heteroatoms. The van der Waals surface area contributed by atoms with Crippen molar-refractivity contribution in [3.63, 3.8) is 0 Å². The number of carbonyl (C=O) groups is 3. The lowest BCUT2D eigenvalue weighted by molar-refractivity contribution is -0.147. The molecule has 1 fully saturated rings. The highest BCUT2D eigenvalue weighted by Crippen LogP contribution is 2.32. The maximum Gasteiger partial charge on any atom is 0.325 e. The monoisotopic (exact) mass is 270 g/mol. The van der Waals surface area contributed by atoms with Gasteiger partial charge in [0.05, 0.1) is 7.11 Å². The molecule has 0 saturated carbocycles. The molecule has 2 amide bonds. The first-order valence-corrected chi connectivity index (χ1v) is 6.52. The number of hydrogen-bond acceptors (Lipinski definition) is 4. The van der Waals surface area contributed by atoms with Crippen LogP contribution in [-0.2, 0) is 19.1 Å². The third-order valence-electron chi connectivity index (χ3n) is 3.85. The summed E-state index contributed by atoms with van der Waals surface area (Å²) in [6, 6.07) is 0. The first-order chi connectivity index (χ1) is 8.87. The Kier molecular flexibility index (Phi) is 4.91. The third kappa shape index (κ3) is 3.05. The highest BCUT2D eigenvalue weighted by atomic mass is 16.5. The molecule has 6 nitrogen and oxygen atoms in total. The Bertz CT molecular complexity index is 383. The van der Waals surface area contributed by atoms with Crippen LogP contribution in [0, 0.1) is 5.92 Å². The maximum atomic E-state index is 12.5. The molecule has 0 radical (unpaired) electrons. The molecule has 1 rings (SSSR count). The van der Waals surface area contributed by atoms with E-state index in [1.165, 1.54) is 18.9 Å². The zero-order valence-electron chi connectivity index (χ0n) is 12.0. The molecule has 0 aromatic carbocycles. The van der Waals surface area contributed by atoms with Gasteiger partial charge in [-0.3, -0.25) is 14.4 Å². The van der Waals surface area contributed by atoms with Gasteiger partial charge in [0.1, 0.15) is 12.1 Å². The molecule has 1 saturated heterocycles. The van der Waals surface area contributed by atoms with Crippen molar-refractivity contribution in [2.24, 2.45) is 5.92 Å². The van der Waals surface area contributed by atoms with Gasteiger partial charge in [-0.2, -0.15) is 0 Å². The van der Waals surface area contributed by atoms with Crippen LogP contribution in [0.3, 0.4) is 0 Å². The molecule has 0 spiro atoms. The van der Waals surface area contributed by atoms with Gasteiger partial charge in [-0.1, -0.05) is 20.3 Å². The van der Waals surface area contributed by atoms with Gasteiger partial charge in [-0.05, 0) is 12.3 Å². The van der Waals surface area contributed by atoms with Gasteiger partial charge in [-0.25, -0.2) is 0 Å². The van der Waals surface area contributed by atoms with E-state index in [9.17, 15) is 14.4 Å². The van der Waals surface area contributed by atoms with Crippen LogP contribution in [0.25, 0.3) is 0 Å². The van der Waals surface area contributed by atoms with Crippen molar-refractivity contribution in [3.8, 4) is 0 Å². The number of rotatable bonds is 5. The summed E-state index contributed by atoms with van der Waals surface area (Å²) in [5.41, 5.74) is -0.880. The van der Waals surface area contributed by atoms with E-state index in [1.54, 1.807) is 0 Å². The normalized spacial score (nSPS) is 24.2. The zero-order valence-corrected chi connectivity index (χ0v) is 12.0. The summed E-state index contributed by atoms with van der Waals surface area (Å²) in [5.74, 6) is -0.848. The van der Waals surface area contributed by atoms with E-state index < -0.39 is 11.5 Å². The quantitative estimate of drug-likeness (QED) is 0.730. The van der Waals surface area contributed by atoms with Gasteiger partial charge in [0.15, 0.2) is 0 Å². The first-order valence-electron chi connectivity index (χ1n) is 6.52. The number of ether oxygens (including phenoxy) is 1. The number of esters is 1. The molecule has 19 heavy (non-hydrogen) atoms. The number of carbonyl (C=O) groups excluding carboxylic acids is 3. The largest absolute Gasteiger partial charge is 0.468 e. The summed E-state index contributed by atoms with van der Waals surface area (Å²) in [4.78, 5) is 36.6. The molecule has 1 aliphatic heterocycles. The Balaban J connectivity index is 2.92. The molecular formula is C13H22N2O4. The van der Waals surface area contributed by atoms with Crippen molar-refractivity contribution < 1.29 is 19.1 Å². The fourth-order valence-corrected chi connectivity index (χ4v) is 2.53. The minimum atomic E-state index is -0.880. The Labute approximate surface area is 113 Å². The van der Waals surface area contributed by atoms with E-state index >= 15 is 0 Å². The highest BCUT2D eigenvalue weighted by molar-refractivity contribution is 5.94. The van der Waals surface area contributed by atoms with E-state index in [1.807, 2.05) is 13.8 Å². The predicted octanol–water partition coefficient (Wildman–Crippen LogP) is 0.313. The highest BCUT2D eigenvalue weighted by Gasteiger charge is 2.50. The standard InChI is InChI=1S/C13H22N2O4/c1-5-9(2)13(14-10(3)16)6-7-15(12(13)18)8-11(17)19-4/h9H,5-8H2,1-4H3,(H,14,16)/t9-,13-/m0/s1. The molecule has 0 unspecified atom stereocenters. The van der Waals surface area contributed by atoms with Crippen molar-refractivity contribution in [2.75, 3.05) is 20.2 Å². The lowest BCUT2D eigenvalue weighted by Crippen LogP contribution is -2.58. The van der Waals surface area contributed by atoms with E-state index in [0.717, 1.165) is 6.42 Å². The summed E-state index contributed by atoms with van der Waals surface area (Å²) >= 11 is 0. The molecule has 1 N–H and O–H groups in total. The van der Waals surface area contributed by atoms with E-state index in [0.29, 0.717) is 13.0 Å².